The molecular formula is C14H13FN4O. The topological polar surface area (TPSA) is 63.8 Å². The standard InChI is InChI=1S/C14H13FN4O/c1-3-11-12-13(16-8(2)17-14(12)20-19-11)18-10-6-4-9(15)5-7-10/h4-7H,3H2,1-2H3,(H,16,17,18). The third-order valence-corrected chi connectivity index (χ3v) is 2.96. The normalized spacial score (nSPS) is 10.9. The van der Waals surface area contributed by atoms with Gasteiger partial charge in [0.1, 0.15) is 22.8 Å². The molecule has 3 aromatic rings. The molecule has 0 saturated heterocycles. The molecule has 102 valence electrons. The van der Waals surface area contributed by atoms with Crippen molar-refractivity contribution in [1.29, 1.82) is 0 Å². The largest absolute Gasteiger partial charge is 0.339 e. The van der Waals surface area contributed by atoms with Gasteiger partial charge in [0, 0.05) is 5.69 Å². The highest BCUT2D eigenvalue weighted by molar-refractivity contribution is 5.89. The number of aromatic nitrogens is 3. The molecule has 5 nitrogen and oxygen atoms in total. The van der Waals surface area contributed by atoms with Crippen LogP contribution >= 0.6 is 0 Å². The van der Waals surface area contributed by atoms with E-state index < -0.39 is 0 Å². The van der Waals surface area contributed by atoms with Crippen molar-refractivity contribution in [3.63, 3.8) is 0 Å². The second-order valence-corrected chi connectivity index (χ2v) is 4.41. The maximum absolute atomic E-state index is 12.9. The Kier molecular flexibility index (Phi) is 3.06. The molecule has 0 amide bonds. The van der Waals surface area contributed by atoms with Gasteiger partial charge in [0.15, 0.2) is 0 Å². The number of fused-ring (bicyclic) bond motifs is 1. The zero-order valence-corrected chi connectivity index (χ0v) is 11.1. The highest BCUT2D eigenvalue weighted by atomic mass is 19.1. The third kappa shape index (κ3) is 2.20. The summed E-state index contributed by atoms with van der Waals surface area (Å²) in [7, 11) is 0. The van der Waals surface area contributed by atoms with Crippen LogP contribution in [0.2, 0.25) is 0 Å². The lowest BCUT2D eigenvalue weighted by molar-refractivity contribution is 0.439. The summed E-state index contributed by atoms with van der Waals surface area (Å²) in [6, 6.07) is 6.08. The van der Waals surface area contributed by atoms with E-state index in [1.54, 1.807) is 19.1 Å². The van der Waals surface area contributed by atoms with E-state index in [1.807, 2.05) is 6.92 Å². The lowest BCUT2D eigenvalue weighted by Gasteiger charge is -2.07. The lowest BCUT2D eigenvalue weighted by Crippen LogP contribution is -1.99. The van der Waals surface area contributed by atoms with Gasteiger partial charge in [0.05, 0.1) is 5.69 Å². The molecule has 2 heterocycles. The molecule has 20 heavy (non-hydrogen) atoms. The van der Waals surface area contributed by atoms with Gasteiger partial charge in [-0.05, 0) is 37.6 Å². The van der Waals surface area contributed by atoms with E-state index in [0.717, 1.165) is 23.2 Å². The summed E-state index contributed by atoms with van der Waals surface area (Å²) in [4.78, 5) is 8.60. The van der Waals surface area contributed by atoms with Gasteiger partial charge in [0.2, 0.25) is 0 Å². The van der Waals surface area contributed by atoms with Crippen molar-refractivity contribution >= 4 is 22.6 Å². The molecular weight excluding hydrogens is 259 g/mol. The molecule has 0 aliphatic heterocycles. The van der Waals surface area contributed by atoms with Crippen molar-refractivity contribution in [3.8, 4) is 0 Å². The maximum Gasteiger partial charge on any atom is 0.263 e. The van der Waals surface area contributed by atoms with Crippen LogP contribution in [0, 0.1) is 12.7 Å². The summed E-state index contributed by atoms with van der Waals surface area (Å²) < 4.78 is 18.2. The second-order valence-electron chi connectivity index (χ2n) is 4.41. The van der Waals surface area contributed by atoms with Crippen LogP contribution in [-0.4, -0.2) is 15.1 Å². The minimum absolute atomic E-state index is 0.279. The molecule has 0 unspecified atom stereocenters. The van der Waals surface area contributed by atoms with Crippen LogP contribution in [0.3, 0.4) is 0 Å². The van der Waals surface area contributed by atoms with Crippen LogP contribution in [0.25, 0.3) is 11.1 Å². The minimum atomic E-state index is -0.279. The van der Waals surface area contributed by atoms with Crippen LogP contribution < -0.4 is 5.32 Å². The zero-order valence-electron chi connectivity index (χ0n) is 11.1. The molecule has 0 fully saturated rings. The Morgan fingerprint density at radius 3 is 2.65 bits per heavy atom. The fraction of sp³-hybridized carbons (Fsp3) is 0.214. The summed E-state index contributed by atoms with van der Waals surface area (Å²) in [6.07, 6.45) is 0.720. The number of hydrogen-bond acceptors (Lipinski definition) is 5. The number of anilines is 2. The number of rotatable bonds is 3. The molecule has 0 aliphatic rings. The Morgan fingerprint density at radius 2 is 1.95 bits per heavy atom. The van der Waals surface area contributed by atoms with E-state index in [4.69, 9.17) is 4.52 Å². The molecule has 6 heteroatoms. The first-order chi connectivity index (χ1) is 9.67. The van der Waals surface area contributed by atoms with Crippen molar-refractivity contribution < 1.29 is 8.91 Å². The van der Waals surface area contributed by atoms with Crippen LogP contribution in [0.1, 0.15) is 18.4 Å². The summed E-state index contributed by atoms with van der Waals surface area (Å²) in [5.74, 6) is 0.928. The number of nitrogens with one attached hydrogen (secondary N) is 1. The number of nitrogens with zero attached hydrogens (tertiary/aromatic N) is 3. The number of hydrogen-bond donors (Lipinski definition) is 1. The van der Waals surface area contributed by atoms with Gasteiger partial charge in [-0.2, -0.15) is 4.98 Å². The molecule has 0 spiro atoms. The van der Waals surface area contributed by atoms with E-state index in [-0.39, 0.29) is 5.82 Å². The number of aryl methyl sites for hydroxylation is 2. The molecule has 3 rings (SSSR count). The Labute approximate surface area is 114 Å². The fourth-order valence-electron chi connectivity index (χ4n) is 2.02. The van der Waals surface area contributed by atoms with Crippen molar-refractivity contribution in [2.75, 3.05) is 5.32 Å². The van der Waals surface area contributed by atoms with Gasteiger partial charge in [-0.1, -0.05) is 12.1 Å². The summed E-state index contributed by atoms with van der Waals surface area (Å²) >= 11 is 0. The second kappa shape index (κ2) is 4.88. The summed E-state index contributed by atoms with van der Waals surface area (Å²) in [5.41, 5.74) is 2.00. The van der Waals surface area contributed by atoms with Crippen molar-refractivity contribution in [2.45, 2.75) is 20.3 Å². The third-order valence-electron chi connectivity index (χ3n) is 2.96. The molecule has 0 saturated carbocycles. The van der Waals surface area contributed by atoms with Gasteiger partial charge in [-0.25, -0.2) is 9.37 Å². The van der Waals surface area contributed by atoms with Gasteiger partial charge in [-0.15, -0.1) is 0 Å². The highest BCUT2D eigenvalue weighted by Gasteiger charge is 2.15. The van der Waals surface area contributed by atoms with Crippen LogP contribution in [0.4, 0.5) is 15.9 Å². The first-order valence-corrected chi connectivity index (χ1v) is 6.33. The van der Waals surface area contributed by atoms with E-state index in [9.17, 15) is 4.39 Å². The Morgan fingerprint density at radius 1 is 1.20 bits per heavy atom. The average molecular weight is 272 g/mol. The fourth-order valence-corrected chi connectivity index (χ4v) is 2.02. The van der Waals surface area contributed by atoms with Crippen LogP contribution in [-0.2, 0) is 6.42 Å². The molecule has 1 aromatic carbocycles. The quantitative estimate of drug-likeness (QED) is 0.792. The molecule has 0 bridgehead atoms. The van der Waals surface area contributed by atoms with Gasteiger partial charge < -0.3 is 9.84 Å². The maximum atomic E-state index is 12.9. The molecule has 2 aromatic heterocycles. The molecule has 1 N–H and O–H groups in total. The first kappa shape index (κ1) is 12.5. The molecule has 0 radical (unpaired) electrons. The first-order valence-electron chi connectivity index (χ1n) is 6.33. The molecule has 0 atom stereocenters. The Balaban J connectivity index is 2.09. The van der Waals surface area contributed by atoms with Gasteiger partial charge in [0.25, 0.3) is 5.71 Å². The van der Waals surface area contributed by atoms with Gasteiger partial charge >= 0.3 is 0 Å². The molecule has 0 aliphatic carbocycles. The van der Waals surface area contributed by atoms with E-state index >= 15 is 0 Å². The smallest absolute Gasteiger partial charge is 0.263 e. The van der Waals surface area contributed by atoms with E-state index in [1.165, 1.54) is 12.1 Å². The van der Waals surface area contributed by atoms with Crippen LogP contribution in [0.15, 0.2) is 28.8 Å². The Hall–Kier alpha value is -2.50. The van der Waals surface area contributed by atoms with E-state index in [2.05, 4.69) is 20.4 Å². The highest BCUT2D eigenvalue weighted by Crippen LogP contribution is 2.27. The van der Waals surface area contributed by atoms with Gasteiger partial charge in [-0.3, -0.25) is 0 Å². The summed E-state index contributed by atoms with van der Waals surface area (Å²) in [6.45, 7) is 3.77. The zero-order chi connectivity index (χ0) is 14.1. The number of halogens is 1. The number of benzene rings is 1. The van der Waals surface area contributed by atoms with E-state index in [0.29, 0.717) is 17.4 Å². The Bertz CT molecular complexity index is 752. The lowest BCUT2D eigenvalue weighted by atomic mass is 10.2. The van der Waals surface area contributed by atoms with Crippen molar-refractivity contribution in [3.05, 3.63) is 41.6 Å². The average Bonchev–Trinajstić information content (AvgIpc) is 2.84. The predicted molar refractivity (Wildman–Crippen MR) is 73.4 cm³/mol. The van der Waals surface area contributed by atoms with Crippen molar-refractivity contribution in [2.24, 2.45) is 0 Å². The summed E-state index contributed by atoms with van der Waals surface area (Å²) in [5, 5.41) is 7.92. The predicted octanol–water partition coefficient (Wildman–Crippen LogP) is 3.37. The van der Waals surface area contributed by atoms with Crippen molar-refractivity contribution in [1.82, 2.24) is 15.1 Å². The minimum Gasteiger partial charge on any atom is -0.339 e. The monoisotopic (exact) mass is 272 g/mol. The SMILES string of the molecule is CCc1noc2nc(C)nc(Nc3ccc(F)cc3)c12. The van der Waals surface area contributed by atoms with Crippen LogP contribution in [0.5, 0.6) is 0 Å².